The zero-order valence-corrected chi connectivity index (χ0v) is 13.6. The lowest BCUT2D eigenvalue weighted by molar-refractivity contribution is 0.123. The van der Waals surface area contributed by atoms with E-state index in [2.05, 4.69) is 37.4 Å². The van der Waals surface area contributed by atoms with Crippen molar-refractivity contribution in [2.75, 3.05) is 33.2 Å². The van der Waals surface area contributed by atoms with Gasteiger partial charge >= 0.3 is 8.80 Å². The molecule has 0 saturated carbocycles. The fourth-order valence-corrected chi connectivity index (χ4v) is 3.75. The number of nitrogens with one attached hydrogen (secondary N) is 1. The monoisotopic (exact) mass is 283 g/mol. The molecule has 19 heavy (non-hydrogen) atoms. The van der Waals surface area contributed by atoms with Crippen LogP contribution in [-0.2, 0) is 13.3 Å². The van der Waals surface area contributed by atoms with Crippen molar-refractivity contribution in [2.45, 2.75) is 26.3 Å². The van der Waals surface area contributed by atoms with E-state index in [1.54, 1.807) is 21.3 Å². The molecule has 0 atom stereocenters. The van der Waals surface area contributed by atoms with Crippen LogP contribution >= 0.6 is 0 Å². The van der Waals surface area contributed by atoms with Crippen molar-refractivity contribution >= 4 is 14.5 Å². The van der Waals surface area contributed by atoms with Gasteiger partial charge < -0.3 is 18.6 Å². The summed E-state index contributed by atoms with van der Waals surface area (Å²) in [6.45, 7) is 5.14. The summed E-state index contributed by atoms with van der Waals surface area (Å²) in [6, 6.07) is 7.12. The molecule has 1 rings (SSSR count). The van der Waals surface area contributed by atoms with E-state index in [4.69, 9.17) is 13.3 Å². The van der Waals surface area contributed by atoms with E-state index >= 15 is 0 Å². The largest absolute Gasteiger partial charge is 0.500 e. The molecule has 0 aliphatic carbocycles. The van der Waals surface area contributed by atoms with Crippen molar-refractivity contribution in [2.24, 2.45) is 0 Å². The van der Waals surface area contributed by atoms with Gasteiger partial charge in [-0.1, -0.05) is 12.1 Å². The van der Waals surface area contributed by atoms with E-state index < -0.39 is 8.80 Å². The van der Waals surface area contributed by atoms with Gasteiger partial charge in [-0.3, -0.25) is 0 Å². The lowest BCUT2D eigenvalue weighted by Crippen LogP contribution is -2.42. The van der Waals surface area contributed by atoms with Gasteiger partial charge in [0.1, 0.15) is 0 Å². The van der Waals surface area contributed by atoms with Crippen molar-refractivity contribution in [3.63, 3.8) is 0 Å². The highest BCUT2D eigenvalue weighted by Gasteiger charge is 2.36. The molecule has 0 aromatic heterocycles. The molecule has 0 unspecified atom stereocenters. The zero-order valence-electron chi connectivity index (χ0n) is 12.6. The molecule has 0 aliphatic rings. The van der Waals surface area contributed by atoms with E-state index in [9.17, 15) is 0 Å². The van der Waals surface area contributed by atoms with Crippen molar-refractivity contribution in [1.82, 2.24) is 0 Å². The van der Waals surface area contributed by atoms with Crippen LogP contribution < -0.4 is 5.32 Å². The highest BCUT2D eigenvalue weighted by Crippen LogP contribution is 2.19. The van der Waals surface area contributed by atoms with Gasteiger partial charge in [0, 0.05) is 39.6 Å². The summed E-state index contributed by atoms with van der Waals surface area (Å²) in [5.74, 6) is 0. The summed E-state index contributed by atoms with van der Waals surface area (Å²) in [6.07, 6.45) is 0.953. The molecule has 108 valence electrons. The Hall–Kier alpha value is -0.883. The van der Waals surface area contributed by atoms with Crippen molar-refractivity contribution < 1.29 is 13.3 Å². The molecule has 5 heteroatoms. The molecule has 4 nitrogen and oxygen atoms in total. The SMILES string of the molecule is CO[Si](CCCNc1cccc(C)c1C)(OC)OC. The lowest BCUT2D eigenvalue weighted by atomic mass is 10.1. The zero-order chi connectivity index (χ0) is 14.3. The Kier molecular flexibility index (Phi) is 6.51. The second-order valence-electron chi connectivity index (χ2n) is 4.57. The maximum absolute atomic E-state index is 5.40. The van der Waals surface area contributed by atoms with Crippen LogP contribution in [-0.4, -0.2) is 36.7 Å². The first-order valence-electron chi connectivity index (χ1n) is 6.54. The molecule has 0 amide bonds. The van der Waals surface area contributed by atoms with E-state index in [1.165, 1.54) is 16.8 Å². The first-order valence-corrected chi connectivity index (χ1v) is 8.47. The third kappa shape index (κ3) is 4.31. The van der Waals surface area contributed by atoms with Crippen LogP contribution in [0, 0.1) is 13.8 Å². The van der Waals surface area contributed by atoms with Gasteiger partial charge in [0.25, 0.3) is 0 Å². The number of rotatable bonds is 8. The minimum absolute atomic E-state index is 0.814. The summed E-state index contributed by atoms with van der Waals surface area (Å²) in [5, 5.41) is 3.45. The number of hydrogen-bond acceptors (Lipinski definition) is 4. The van der Waals surface area contributed by atoms with Gasteiger partial charge in [0.15, 0.2) is 0 Å². The topological polar surface area (TPSA) is 39.7 Å². The predicted octanol–water partition coefficient (Wildman–Crippen LogP) is 2.98. The number of aryl methyl sites for hydroxylation is 1. The Balaban J connectivity index is 2.44. The number of benzene rings is 1. The van der Waals surface area contributed by atoms with E-state index in [1.807, 2.05) is 0 Å². The number of hydrogen-bond donors (Lipinski definition) is 1. The first kappa shape index (κ1) is 16.2. The summed E-state index contributed by atoms with van der Waals surface area (Å²) in [7, 11) is 2.53. The Bertz CT molecular complexity index is 386. The molecule has 0 aliphatic heterocycles. The molecule has 0 spiro atoms. The van der Waals surface area contributed by atoms with Crippen molar-refractivity contribution in [1.29, 1.82) is 0 Å². The molecule has 1 aromatic rings. The smallest absolute Gasteiger partial charge is 0.385 e. The first-order chi connectivity index (χ1) is 9.08. The Morgan fingerprint density at radius 2 is 1.68 bits per heavy atom. The molecule has 1 aromatic carbocycles. The van der Waals surface area contributed by atoms with Crippen LogP contribution in [0.15, 0.2) is 18.2 Å². The fraction of sp³-hybridized carbons (Fsp3) is 0.571. The Morgan fingerprint density at radius 3 is 2.26 bits per heavy atom. The molecule has 0 radical (unpaired) electrons. The molecule has 0 fully saturated rings. The van der Waals surface area contributed by atoms with Crippen molar-refractivity contribution in [3.05, 3.63) is 29.3 Å². The minimum atomic E-state index is -2.42. The van der Waals surface area contributed by atoms with Gasteiger partial charge in [-0.25, -0.2) is 0 Å². The van der Waals surface area contributed by atoms with Crippen molar-refractivity contribution in [3.8, 4) is 0 Å². The fourth-order valence-electron chi connectivity index (χ4n) is 2.03. The Labute approximate surface area is 117 Å². The van der Waals surface area contributed by atoms with Crippen LogP contribution in [0.2, 0.25) is 6.04 Å². The third-order valence-electron chi connectivity index (χ3n) is 3.51. The minimum Gasteiger partial charge on any atom is -0.385 e. The second kappa shape index (κ2) is 7.64. The van der Waals surface area contributed by atoms with Gasteiger partial charge in [-0.05, 0) is 37.5 Å². The summed E-state index contributed by atoms with van der Waals surface area (Å²) < 4.78 is 16.2. The average Bonchev–Trinajstić information content (AvgIpc) is 2.44. The molecule has 0 heterocycles. The van der Waals surface area contributed by atoms with Crippen LogP contribution in [0.5, 0.6) is 0 Å². The number of anilines is 1. The summed E-state index contributed by atoms with van der Waals surface area (Å²) in [4.78, 5) is 0. The quantitative estimate of drug-likeness (QED) is 0.588. The summed E-state index contributed by atoms with van der Waals surface area (Å²) >= 11 is 0. The standard InChI is InChI=1S/C14H25NO3Si/c1-12-8-6-9-14(13(12)2)15-10-7-11-19(16-3,17-4)18-5/h6,8-9,15H,7,10-11H2,1-5H3. The molecular formula is C14H25NO3Si. The van der Waals surface area contributed by atoms with Gasteiger partial charge in [0.05, 0.1) is 0 Å². The van der Waals surface area contributed by atoms with E-state index in [-0.39, 0.29) is 0 Å². The molecule has 0 saturated heterocycles. The third-order valence-corrected chi connectivity index (χ3v) is 6.34. The Morgan fingerprint density at radius 1 is 1.05 bits per heavy atom. The van der Waals surface area contributed by atoms with Gasteiger partial charge in [0.2, 0.25) is 0 Å². The van der Waals surface area contributed by atoms with Crippen LogP contribution in [0.4, 0.5) is 5.69 Å². The summed E-state index contributed by atoms with van der Waals surface area (Å²) in [5.41, 5.74) is 3.80. The van der Waals surface area contributed by atoms with Crippen LogP contribution in [0.25, 0.3) is 0 Å². The van der Waals surface area contributed by atoms with Gasteiger partial charge in [-0.15, -0.1) is 0 Å². The molecule has 0 bridgehead atoms. The predicted molar refractivity (Wildman–Crippen MR) is 80.6 cm³/mol. The van der Waals surface area contributed by atoms with Crippen LogP contribution in [0.3, 0.4) is 0 Å². The maximum atomic E-state index is 5.40. The van der Waals surface area contributed by atoms with Gasteiger partial charge in [-0.2, -0.15) is 0 Å². The van der Waals surface area contributed by atoms with E-state index in [0.29, 0.717) is 0 Å². The highest BCUT2D eigenvalue weighted by atomic mass is 28.4. The highest BCUT2D eigenvalue weighted by molar-refractivity contribution is 6.60. The van der Waals surface area contributed by atoms with Crippen LogP contribution in [0.1, 0.15) is 17.5 Å². The normalized spacial score (nSPS) is 11.6. The average molecular weight is 283 g/mol. The molecule has 1 N–H and O–H groups in total. The van der Waals surface area contributed by atoms with E-state index in [0.717, 1.165) is 19.0 Å². The second-order valence-corrected chi connectivity index (χ2v) is 7.66. The molecular weight excluding hydrogens is 258 g/mol. The maximum Gasteiger partial charge on any atom is 0.500 e. The lowest BCUT2D eigenvalue weighted by Gasteiger charge is -2.24.